The molecule has 1 aromatic heterocycles. The minimum absolute atomic E-state index is 0.0874. The SMILES string of the molecule is COc1cc(C(=O)N(CCC(=O)O)Cc2ccc(F)c(F)c2)on1. The molecule has 1 amide bonds. The van der Waals surface area contributed by atoms with Gasteiger partial charge in [-0.3, -0.25) is 9.59 Å². The Bertz CT molecular complexity index is 747. The van der Waals surface area contributed by atoms with Gasteiger partial charge in [-0.25, -0.2) is 8.78 Å². The highest BCUT2D eigenvalue weighted by Gasteiger charge is 2.22. The molecule has 0 atom stereocenters. The van der Waals surface area contributed by atoms with Crippen molar-refractivity contribution in [2.24, 2.45) is 0 Å². The molecule has 128 valence electrons. The molecule has 1 heterocycles. The number of carbonyl (C=O) groups excluding carboxylic acids is 1. The van der Waals surface area contributed by atoms with Crippen LogP contribution >= 0.6 is 0 Å². The number of ether oxygens (including phenoxy) is 1. The number of aliphatic carboxylic acids is 1. The van der Waals surface area contributed by atoms with Crippen molar-refractivity contribution in [3.63, 3.8) is 0 Å². The van der Waals surface area contributed by atoms with E-state index in [1.807, 2.05) is 0 Å². The second-order valence-corrected chi connectivity index (χ2v) is 4.85. The lowest BCUT2D eigenvalue weighted by Crippen LogP contribution is -2.32. The standard InChI is InChI=1S/C15H14F2N2O5/c1-23-13-7-12(24-18-13)15(22)19(5-4-14(20)21)8-9-2-3-10(16)11(17)6-9/h2-3,6-7H,4-5,8H2,1H3,(H,20,21). The summed E-state index contributed by atoms with van der Waals surface area (Å²) < 4.78 is 35.9. The van der Waals surface area contributed by atoms with Crippen molar-refractivity contribution in [1.29, 1.82) is 0 Å². The quantitative estimate of drug-likeness (QED) is 0.829. The Morgan fingerprint density at radius 3 is 2.62 bits per heavy atom. The van der Waals surface area contributed by atoms with Gasteiger partial charge in [0.1, 0.15) is 0 Å². The first kappa shape index (κ1) is 17.4. The molecule has 0 radical (unpaired) electrons. The number of carbonyl (C=O) groups is 2. The third kappa shape index (κ3) is 4.28. The molecule has 24 heavy (non-hydrogen) atoms. The Morgan fingerprint density at radius 2 is 2.04 bits per heavy atom. The van der Waals surface area contributed by atoms with Crippen LogP contribution in [-0.2, 0) is 11.3 Å². The molecule has 0 aliphatic heterocycles. The predicted octanol–water partition coefficient (Wildman–Crippen LogP) is 2.08. The smallest absolute Gasteiger partial charge is 0.305 e. The van der Waals surface area contributed by atoms with Gasteiger partial charge < -0.3 is 19.3 Å². The third-order valence-corrected chi connectivity index (χ3v) is 3.15. The van der Waals surface area contributed by atoms with Crippen LogP contribution < -0.4 is 4.74 Å². The number of hydrogen-bond acceptors (Lipinski definition) is 5. The minimum Gasteiger partial charge on any atom is -0.481 e. The molecule has 0 spiro atoms. The summed E-state index contributed by atoms with van der Waals surface area (Å²) in [4.78, 5) is 24.3. The Labute approximate surface area is 135 Å². The molecule has 0 fully saturated rings. The zero-order valence-electron chi connectivity index (χ0n) is 12.7. The van der Waals surface area contributed by atoms with E-state index in [4.69, 9.17) is 14.4 Å². The fourth-order valence-corrected chi connectivity index (χ4v) is 1.95. The molecule has 0 unspecified atom stereocenters. The summed E-state index contributed by atoms with van der Waals surface area (Å²) in [6.45, 7) is -0.261. The van der Waals surface area contributed by atoms with Crippen LogP contribution in [0.15, 0.2) is 28.8 Å². The van der Waals surface area contributed by atoms with Gasteiger partial charge in [-0.05, 0) is 22.9 Å². The van der Waals surface area contributed by atoms with Gasteiger partial charge >= 0.3 is 5.97 Å². The van der Waals surface area contributed by atoms with Crippen LogP contribution in [0.1, 0.15) is 22.5 Å². The van der Waals surface area contributed by atoms with E-state index in [0.717, 1.165) is 17.0 Å². The van der Waals surface area contributed by atoms with Crippen molar-refractivity contribution in [1.82, 2.24) is 10.1 Å². The monoisotopic (exact) mass is 340 g/mol. The lowest BCUT2D eigenvalue weighted by atomic mass is 10.2. The Morgan fingerprint density at radius 1 is 1.29 bits per heavy atom. The first-order valence-electron chi connectivity index (χ1n) is 6.86. The van der Waals surface area contributed by atoms with Gasteiger partial charge in [-0.2, -0.15) is 0 Å². The van der Waals surface area contributed by atoms with Crippen molar-refractivity contribution in [2.75, 3.05) is 13.7 Å². The van der Waals surface area contributed by atoms with E-state index in [-0.39, 0.29) is 31.2 Å². The van der Waals surface area contributed by atoms with Gasteiger partial charge in [0.2, 0.25) is 5.76 Å². The zero-order chi connectivity index (χ0) is 17.7. The van der Waals surface area contributed by atoms with Crippen LogP contribution in [0, 0.1) is 11.6 Å². The molecule has 0 bridgehead atoms. The maximum Gasteiger partial charge on any atom is 0.305 e. The Hall–Kier alpha value is -2.97. The van der Waals surface area contributed by atoms with E-state index in [1.165, 1.54) is 19.2 Å². The zero-order valence-corrected chi connectivity index (χ0v) is 12.7. The summed E-state index contributed by atoms with van der Waals surface area (Å²) in [5, 5.41) is 12.3. The number of halogens is 2. The summed E-state index contributed by atoms with van der Waals surface area (Å²) in [7, 11) is 1.34. The van der Waals surface area contributed by atoms with Crippen LogP contribution in [0.4, 0.5) is 8.78 Å². The molecule has 9 heteroatoms. The average molecular weight is 340 g/mol. The molecular weight excluding hydrogens is 326 g/mol. The second kappa shape index (κ2) is 7.53. The molecule has 0 saturated carbocycles. The predicted molar refractivity (Wildman–Crippen MR) is 76.4 cm³/mol. The maximum atomic E-state index is 13.3. The van der Waals surface area contributed by atoms with Crippen LogP contribution in [0.25, 0.3) is 0 Å². The Balaban J connectivity index is 2.20. The van der Waals surface area contributed by atoms with Crippen molar-refractivity contribution >= 4 is 11.9 Å². The molecule has 2 aromatic rings. The number of carboxylic acids is 1. The minimum atomic E-state index is -1.10. The topological polar surface area (TPSA) is 92.9 Å². The first-order chi connectivity index (χ1) is 11.4. The number of rotatable bonds is 7. The first-order valence-corrected chi connectivity index (χ1v) is 6.86. The van der Waals surface area contributed by atoms with Crippen LogP contribution in [0.5, 0.6) is 5.88 Å². The maximum absolute atomic E-state index is 13.3. The normalized spacial score (nSPS) is 10.5. The largest absolute Gasteiger partial charge is 0.481 e. The number of hydrogen-bond donors (Lipinski definition) is 1. The number of methoxy groups -OCH3 is 1. The molecule has 2 rings (SSSR count). The summed E-state index contributed by atoms with van der Waals surface area (Å²) in [6.07, 6.45) is -0.319. The molecule has 0 aliphatic carbocycles. The van der Waals surface area contributed by atoms with E-state index in [0.29, 0.717) is 5.56 Å². The van der Waals surface area contributed by atoms with Gasteiger partial charge in [0.15, 0.2) is 11.6 Å². The molecule has 7 nitrogen and oxygen atoms in total. The average Bonchev–Trinajstić information content (AvgIpc) is 3.03. The van der Waals surface area contributed by atoms with E-state index in [2.05, 4.69) is 5.16 Å². The van der Waals surface area contributed by atoms with E-state index in [1.54, 1.807) is 0 Å². The summed E-state index contributed by atoms with van der Waals surface area (Å²) in [5.74, 6) is -3.88. The fourth-order valence-electron chi connectivity index (χ4n) is 1.95. The van der Waals surface area contributed by atoms with Crippen molar-refractivity contribution in [3.8, 4) is 5.88 Å². The Kier molecular flexibility index (Phi) is 5.46. The number of aromatic nitrogens is 1. The highest BCUT2D eigenvalue weighted by atomic mass is 19.2. The van der Waals surface area contributed by atoms with Gasteiger partial charge in [-0.1, -0.05) is 6.07 Å². The number of benzene rings is 1. The highest BCUT2D eigenvalue weighted by Crippen LogP contribution is 2.16. The molecule has 0 aliphatic rings. The van der Waals surface area contributed by atoms with E-state index >= 15 is 0 Å². The van der Waals surface area contributed by atoms with Crippen LogP contribution in [0.3, 0.4) is 0 Å². The van der Waals surface area contributed by atoms with Gasteiger partial charge in [0, 0.05) is 13.1 Å². The molecule has 0 saturated heterocycles. The van der Waals surface area contributed by atoms with Crippen molar-refractivity contribution in [2.45, 2.75) is 13.0 Å². The lowest BCUT2D eigenvalue weighted by Gasteiger charge is -2.20. The summed E-state index contributed by atoms with van der Waals surface area (Å²) in [6, 6.07) is 4.43. The number of nitrogens with zero attached hydrogens (tertiary/aromatic N) is 2. The van der Waals surface area contributed by atoms with E-state index in [9.17, 15) is 18.4 Å². The lowest BCUT2D eigenvalue weighted by molar-refractivity contribution is -0.137. The van der Waals surface area contributed by atoms with Crippen LogP contribution in [0.2, 0.25) is 0 Å². The number of carboxylic acid groups (broad SMARTS) is 1. The second-order valence-electron chi connectivity index (χ2n) is 4.85. The van der Waals surface area contributed by atoms with Crippen molar-refractivity contribution < 1.29 is 32.7 Å². The van der Waals surface area contributed by atoms with Crippen LogP contribution in [-0.4, -0.2) is 40.7 Å². The summed E-state index contributed by atoms with van der Waals surface area (Å²) >= 11 is 0. The van der Waals surface area contributed by atoms with Gasteiger partial charge in [-0.15, -0.1) is 0 Å². The van der Waals surface area contributed by atoms with E-state index < -0.39 is 23.5 Å². The molecular formula is C15H14F2N2O5. The highest BCUT2D eigenvalue weighted by molar-refractivity contribution is 5.91. The summed E-state index contributed by atoms with van der Waals surface area (Å²) in [5.41, 5.74) is 0.305. The third-order valence-electron chi connectivity index (χ3n) is 3.15. The van der Waals surface area contributed by atoms with Gasteiger partial charge in [0.25, 0.3) is 11.8 Å². The number of amides is 1. The molecule has 1 N–H and O–H groups in total. The fraction of sp³-hybridized carbons (Fsp3) is 0.267. The van der Waals surface area contributed by atoms with Crippen molar-refractivity contribution in [3.05, 3.63) is 47.2 Å². The molecule has 1 aromatic carbocycles. The van der Waals surface area contributed by atoms with Gasteiger partial charge in [0.05, 0.1) is 19.6 Å².